The van der Waals surface area contributed by atoms with E-state index in [0.717, 1.165) is 0 Å². The minimum atomic E-state index is -5.12. The number of hydrogen-bond acceptors (Lipinski definition) is 2. The van der Waals surface area contributed by atoms with Crippen molar-refractivity contribution < 1.29 is 31.1 Å². The minimum absolute atomic E-state index is 0.0630. The third kappa shape index (κ3) is 4.04. The van der Waals surface area contributed by atoms with Gasteiger partial charge >= 0.3 is 12.4 Å². The Labute approximate surface area is 99.9 Å². The van der Waals surface area contributed by atoms with Crippen LogP contribution in [0.25, 0.3) is 0 Å². The van der Waals surface area contributed by atoms with Crippen molar-refractivity contribution in [3.8, 4) is 0 Å². The maximum atomic E-state index is 12.5. The van der Waals surface area contributed by atoms with Crippen LogP contribution in [-0.4, -0.2) is 41.3 Å². The van der Waals surface area contributed by atoms with Crippen molar-refractivity contribution in [2.24, 2.45) is 5.73 Å². The highest BCUT2D eigenvalue weighted by molar-refractivity contribution is 5.87. The number of hydrogen-bond donors (Lipinski definition) is 1. The van der Waals surface area contributed by atoms with E-state index in [0.29, 0.717) is 6.92 Å². The van der Waals surface area contributed by atoms with Gasteiger partial charge in [0.25, 0.3) is 5.91 Å². The lowest BCUT2D eigenvalue weighted by atomic mass is 10.0. The monoisotopic (exact) mass is 280 g/mol. The number of carbonyl (C=O) groups excluding carboxylic acids is 1. The summed E-state index contributed by atoms with van der Waals surface area (Å²) in [6.07, 6.45) is -9.91. The Kier molecular flexibility index (Phi) is 4.67. The van der Waals surface area contributed by atoms with Gasteiger partial charge in [-0.1, -0.05) is 0 Å². The lowest BCUT2D eigenvalue weighted by Gasteiger charge is -2.35. The molecule has 0 radical (unpaired) electrons. The molecule has 0 aromatic carbocycles. The molecule has 0 aromatic heterocycles. The predicted octanol–water partition coefficient (Wildman–Crippen LogP) is 2.07. The molecule has 0 saturated carbocycles. The van der Waals surface area contributed by atoms with E-state index in [9.17, 15) is 31.1 Å². The van der Waals surface area contributed by atoms with Gasteiger partial charge in [0, 0.05) is 6.04 Å². The highest BCUT2D eigenvalue weighted by Crippen LogP contribution is 2.31. The average Bonchev–Trinajstić information content (AvgIpc) is 2.09. The summed E-state index contributed by atoms with van der Waals surface area (Å²) in [7, 11) is 0. The summed E-state index contributed by atoms with van der Waals surface area (Å²) >= 11 is 0. The van der Waals surface area contributed by atoms with Gasteiger partial charge in [-0.15, -0.1) is 0 Å². The zero-order valence-electron chi connectivity index (χ0n) is 9.99. The molecule has 0 spiro atoms. The normalized spacial score (nSPS) is 16.6. The van der Waals surface area contributed by atoms with E-state index in [1.807, 2.05) is 0 Å². The molecule has 0 aliphatic carbocycles. The van der Waals surface area contributed by atoms with Gasteiger partial charge in [-0.2, -0.15) is 26.3 Å². The number of alkyl halides is 6. The topological polar surface area (TPSA) is 46.3 Å². The second kappa shape index (κ2) is 4.94. The van der Waals surface area contributed by atoms with Crippen molar-refractivity contribution in [2.45, 2.75) is 44.7 Å². The van der Waals surface area contributed by atoms with Crippen molar-refractivity contribution in [1.82, 2.24) is 4.90 Å². The van der Waals surface area contributed by atoms with Crippen LogP contribution < -0.4 is 5.73 Å². The Morgan fingerprint density at radius 3 is 1.78 bits per heavy atom. The molecule has 1 amide bonds. The average molecular weight is 280 g/mol. The maximum absolute atomic E-state index is 12.5. The molecule has 0 bridgehead atoms. The molecule has 1 atom stereocenters. The summed E-state index contributed by atoms with van der Waals surface area (Å²) in [4.78, 5) is 11.6. The molecule has 108 valence electrons. The molecule has 0 rings (SSSR count). The van der Waals surface area contributed by atoms with Gasteiger partial charge in [0.1, 0.15) is 6.54 Å². The Morgan fingerprint density at radius 2 is 1.56 bits per heavy atom. The Bertz CT molecular complexity index is 307. The third-order valence-electron chi connectivity index (χ3n) is 2.27. The number of nitrogens with two attached hydrogens (primary N) is 1. The van der Waals surface area contributed by atoms with Crippen molar-refractivity contribution in [2.75, 3.05) is 6.54 Å². The molecule has 0 aromatic rings. The largest absolute Gasteiger partial charge is 0.415 e. The highest BCUT2D eigenvalue weighted by atomic mass is 19.4. The van der Waals surface area contributed by atoms with Crippen molar-refractivity contribution in [3.63, 3.8) is 0 Å². The lowest BCUT2D eigenvalue weighted by molar-refractivity contribution is -0.203. The van der Waals surface area contributed by atoms with Gasteiger partial charge in [0.15, 0.2) is 5.54 Å². The summed E-state index contributed by atoms with van der Waals surface area (Å²) in [5, 5.41) is 0. The van der Waals surface area contributed by atoms with E-state index in [1.165, 1.54) is 13.8 Å². The number of rotatable bonds is 3. The summed E-state index contributed by atoms with van der Waals surface area (Å²) in [6, 6.07) is -1.05. The second-order valence-electron chi connectivity index (χ2n) is 4.34. The van der Waals surface area contributed by atoms with E-state index in [-0.39, 0.29) is 4.90 Å². The number of nitrogens with zero attached hydrogens (tertiary/aromatic N) is 1. The summed E-state index contributed by atoms with van der Waals surface area (Å²) in [5.74, 6) is -1.80. The molecule has 0 aliphatic rings. The molecule has 18 heavy (non-hydrogen) atoms. The molecule has 0 aliphatic heterocycles. The van der Waals surface area contributed by atoms with E-state index < -0.39 is 36.4 Å². The lowest BCUT2D eigenvalue weighted by Crippen LogP contribution is -2.64. The predicted molar refractivity (Wildman–Crippen MR) is 51.6 cm³/mol. The van der Waals surface area contributed by atoms with Crippen LogP contribution in [0.1, 0.15) is 20.8 Å². The van der Waals surface area contributed by atoms with Crippen LogP contribution in [0.4, 0.5) is 26.3 Å². The quantitative estimate of drug-likeness (QED) is 0.804. The second-order valence-corrected chi connectivity index (χ2v) is 4.34. The third-order valence-corrected chi connectivity index (χ3v) is 2.27. The van der Waals surface area contributed by atoms with E-state index in [2.05, 4.69) is 0 Å². The number of amides is 1. The molecule has 0 fully saturated rings. The Balaban J connectivity index is 5.23. The van der Waals surface area contributed by atoms with Gasteiger partial charge in [0.05, 0.1) is 0 Å². The molecular formula is C9H14F6N2O. The highest BCUT2D eigenvalue weighted by Gasteiger charge is 2.56. The molecule has 0 saturated heterocycles. The summed E-state index contributed by atoms with van der Waals surface area (Å²) in [6.45, 7) is 0.930. The zero-order valence-corrected chi connectivity index (χ0v) is 9.99. The summed E-state index contributed by atoms with van der Waals surface area (Å²) in [5.41, 5.74) is 1.47. The molecule has 0 heterocycles. The van der Waals surface area contributed by atoms with Crippen LogP contribution >= 0.6 is 0 Å². The fraction of sp³-hybridized carbons (Fsp3) is 0.889. The fourth-order valence-electron chi connectivity index (χ4n) is 1.10. The molecular weight excluding hydrogens is 266 g/mol. The first-order valence-electron chi connectivity index (χ1n) is 4.93. The van der Waals surface area contributed by atoms with Crippen molar-refractivity contribution in [3.05, 3.63) is 0 Å². The van der Waals surface area contributed by atoms with E-state index in [1.54, 1.807) is 0 Å². The maximum Gasteiger partial charge on any atom is 0.415 e. The summed E-state index contributed by atoms with van der Waals surface area (Å²) < 4.78 is 74.0. The van der Waals surface area contributed by atoms with Crippen LogP contribution in [0, 0.1) is 0 Å². The standard InChI is InChI=1S/C9H14F6N2O/c1-5(2)17(4-8(10,11)12)6(18)7(3,16)9(13,14)15/h5H,4,16H2,1-3H3. The van der Waals surface area contributed by atoms with Crippen LogP contribution in [-0.2, 0) is 4.79 Å². The van der Waals surface area contributed by atoms with E-state index in [4.69, 9.17) is 5.73 Å². The molecule has 1 unspecified atom stereocenters. The van der Waals surface area contributed by atoms with Gasteiger partial charge in [0.2, 0.25) is 0 Å². The van der Waals surface area contributed by atoms with Crippen LogP contribution in [0.3, 0.4) is 0 Å². The molecule has 2 N–H and O–H groups in total. The van der Waals surface area contributed by atoms with Crippen molar-refractivity contribution >= 4 is 5.91 Å². The zero-order chi connectivity index (χ0) is 14.9. The van der Waals surface area contributed by atoms with Gasteiger partial charge in [-0.3, -0.25) is 4.79 Å². The van der Waals surface area contributed by atoms with Gasteiger partial charge < -0.3 is 10.6 Å². The number of halogens is 6. The first kappa shape index (κ1) is 17.0. The van der Waals surface area contributed by atoms with Crippen LogP contribution in [0.15, 0.2) is 0 Å². The Hall–Kier alpha value is -0.990. The van der Waals surface area contributed by atoms with E-state index >= 15 is 0 Å². The van der Waals surface area contributed by atoms with Crippen molar-refractivity contribution in [1.29, 1.82) is 0 Å². The van der Waals surface area contributed by atoms with Crippen LogP contribution in [0.2, 0.25) is 0 Å². The van der Waals surface area contributed by atoms with Crippen LogP contribution in [0.5, 0.6) is 0 Å². The first-order valence-corrected chi connectivity index (χ1v) is 4.93. The first-order chi connectivity index (χ1) is 7.70. The van der Waals surface area contributed by atoms with Gasteiger partial charge in [-0.05, 0) is 20.8 Å². The number of carbonyl (C=O) groups is 1. The fourth-order valence-corrected chi connectivity index (χ4v) is 1.10. The SMILES string of the molecule is CC(C)N(CC(F)(F)F)C(=O)C(C)(N)C(F)(F)F. The molecule has 9 heteroatoms. The minimum Gasteiger partial charge on any atom is -0.329 e. The Morgan fingerprint density at radius 1 is 1.17 bits per heavy atom. The molecule has 3 nitrogen and oxygen atoms in total. The van der Waals surface area contributed by atoms with Gasteiger partial charge in [-0.25, -0.2) is 0 Å². The smallest absolute Gasteiger partial charge is 0.329 e.